The van der Waals surface area contributed by atoms with E-state index in [1.54, 1.807) is 0 Å². The van der Waals surface area contributed by atoms with Gasteiger partial charge in [-0.1, -0.05) is 91.0 Å². The van der Waals surface area contributed by atoms with E-state index >= 15 is 0 Å². The van der Waals surface area contributed by atoms with Gasteiger partial charge in [-0.15, -0.1) is 0 Å². The second-order valence-corrected chi connectivity index (χ2v) is 6.45. The molecule has 0 aliphatic carbocycles. The first-order chi connectivity index (χ1) is 13.2. The molecule has 130 valence electrons. The summed E-state index contributed by atoms with van der Waals surface area (Å²) in [6.45, 7) is 3.80. The average molecular weight is 370 g/mol. The van der Waals surface area contributed by atoms with Crippen molar-refractivity contribution in [3.63, 3.8) is 0 Å². The van der Waals surface area contributed by atoms with Crippen LogP contribution < -0.4 is 0 Å². The van der Waals surface area contributed by atoms with Crippen molar-refractivity contribution in [2.75, 3.05) is 0 Å². The molecule has 0 aliphatic heterocycles. The first kappa shape index (κ1) is 17.1. The summed E-state index contributed by atoms with van der Waals surface area (Å²) < 4.78 is 0. The van der Waals surface area contributed by atoms with E-state index in [9.17, 15) is 0 Å². The van der Waals surface area contributed by atoms with Gasteiger partial charge in [0.2, 0.25) is 0 Å². The molecule has 3 aromatic carbocycles. The molecule has 0 unspecified atom stereocenters. The molecule has 4 aromatic rings. The number of benzene rings is 3. The Morgan fingerprint density at radius 1 is 0.630 bits per heavy atom. The molecule has 0 fully saturated rings. The van der Waals surface area contributed by atoms with Crippen molar-refractivity contribution < 1.29 is 0 Å². The maximum atomic E-state index is 6.16. The minimum Gasteiger partial charge on any atom is -0.208 e. The highest BCUT2D eigenvalue weighted by molar-refractivity contribution is 6.30. The molecule has 0 aliphatic rings. The van der Waals surface area contributed by atoms with Crippen molar-refractivity contribution in [2.45, 2.75) is 0 Å². The van der Waals surface area contributed by atoms with E-state index < -0.39 is 0 Å². The largest absolute Gasteiger partial charge is 0.208 e. The van der Waals surface area contributed by atoms with E-state index in [0.29, 0.717) is 22.5 Å². The van der Waals surface area contributed by atoms with Gasteiger partial charge in [0.1, 0.15) is 0 Å². The SMILES string of the molecule is C=Cc1ccc(-c2nc(-c3ccccc3)nc(-c3cccc(Cl)c3)n2)cc1. The molecule has 27 heavy (non-hydrogen) atoms. The molecule has 1 heterocycles. The number of hydrogen-bond donors (Lipinski definition) is 0. The lowest BCUT2D eigenvalue weighted by atomic mass is 10.1. The molecule has 1 aromatic heterocycles. The summed E-state index contributed by atoms with van der Waals surface area (Å²) in [5.41, 5.74) is 3.76. The maximum Gasteiger partial charge on any atom is 0.164 e. The van der Waals surface area contributed by atoms with E-state index in [0.717, 1.165) is 22.3 Å². The van der Waals surface area contributed by atoms with Gasteiger partial charge in [-0.05, 0) is 17.7 Å². The normalized spacial score (nSPS) is 10.6. The van der Waals surface area contributed by atoms with Crippen molar-refractivity contribution in [1.82, 2.24) is 15.0 Å². The van der Waals surface area contributed by atoms with Gasteiger partial charge in [0.05, 0.1) is 0 Å². The summed E-state index contributed by atoms with van der Waals surface area (Å²) in [6, 6.07) is 25.4. The van der Waals surface area contributed by atoms with Crippen LogP contribution in [-0.2, 0) is 0 Å². The third kappa shape index (κ3) is 3.78. The Labute approximate surface area is 163 Å². The number of halogens is 1. The highest BCUT2D eigenvalue weighted by atomic mass is 35.5. The molecule has 0 N–H and O–H groups in total. The molecule has 4 rings (SSSR count). The van der Waals surface area contributed by atoms with Gasteiger partial charge in [0.15, 0.2) is 17.5 Å². The summed E-state index contributed by atoms with van der Waals surface area (Å²) in [5, 5.41) is 0.644. The molecule has 0 atom stereocenters. The third-order valence-corrected chi connectivity index (χ3v) is 4.39. The van der Waals surface area contributed by atoms with Crippen molar-refractivity contribution in [2.24, 2.45) is 0 Å². The smallest absolute Gasteiger partial charge is 0.164 e. The monoisotopic (exact) mass is 369 g/mol. The molecule has 0 radical (unpaired) electrons. The average Bonchev–Trinajstić information content (AvgIpc) is 2.74. The van der Waals surface area contributed by atoms with Gasteiger partial charge in [0, 0.05) is 21.7 Å². The van der Waals surface area contributed by atoms with Crippen LogP contribution in [0.15, 0.2) is 85.4 Å². The number of aromatic nitrogens is 3. The lowest BCUT2D eigenvalue weighted by Crippen LogP contribution is -2.00. The fourth-order valence-electron chi connectivity index (χ4n) is 2.75. The fourth-order valence-corrected chi connectivity index (χ4v) is 2.94. The quantitative estimate of drug-likeness (QED) is 0.431. The van der Waals surface area contributed by atoms with Crippen LogP contribution in [0.25, 0.3) is 40.2 Å². The Kier molecular flexibility index (Phi) is 4.77. The van der Waals surface area contributed by atoms with Gasteiger partial charge in [0.25, 0.3) is 0 Å². The first-order valence-corrected chi connectivity index (χ1v) is 8.91. The van der Waals surface area contributed by atoms with E-state index in [-0.39, 0.29) is 0 Å². The predicted molar refractivity (Wildman–Crippen MR) is 111 cm³/mol. The Morgan fingerprint density at radius 3 is 1.78 bits per heavy atom. The lowest BCUT2D eigenvalue weighted by molar-refractivity contribution is 1.07. The molecule has 0 saturated carbocycles. The van der Waals surface area contributed by atoms with E-state index in [1.807, 2.05) is 84.9 Å². The predicted octanol–water partition coefficient (Wildman–Crippen LogP) is 6.17. The maximum absolute atomic E-state index is 6.16. The van der Waals surface area contributed by atoms with Gasteiger partial charge in [-0.2, -0.15) is 0 Å². The first-order valence-electron chi connectivity index (χ1n) is 8.53. The second kappa shape index (κ2) is 7.52. The van der Waals surface area contributed by atoms with Crippen LogP contribution in [0.2, 0.25) is 5.02 Å². The number of hydrogen-bond acceptors (Lipinski definition) is 3. The van der Waals surface area contributed by atoms with Crippen LogP contribution in [0.5, 0.6) is 0 Å². The van der Waals surface area contributed by atoms with Crippen molar-refractivity contribution in [3.8, 4) is 34.2 Å². The highest BCUT2D eigenvalue weighted by Crippen LogP contribution is 2.26. The zero-order chi connectivity index (χ0) is 18.6. The Bertz CT molecular complexity index is 1090. The minimum absolute atomic E-state index is 0.592. The summed E-state index contributed by atoms with van der Waals surface area (Å²) in [4.78, 5) is 14.1. The van der Waals surface area contributed by atoms with E-state index in [2.05, 4.69) is 16.5 Å². The van der Waals surface area contributed by atoms with Crippen LogP contribution in [-0.4, -0.2) is 15.0 Å². The molecule has 0 spiro atoms. The van der Waals surface area contributed by atoms with E-state index in [4.69, 9.17) is 16.6 Å². The van der Waals surface area contributed by atoms with Gasteiger partial charge < -0.3 is 0 Å². The Hall–Kier alpha value is -3.30. The van der Waals surface area contributed by atoms with Crippen molar-refractivity contribution in [3.05, 3.63) is 96.0 Å². The van der Waals surface area contributed by atoms with Gasteiger partial charge >= 0.3 is 0 Å². The van der Waals surface area contributed by atoms with Gasteiger partial charge in [-0.25, -0.2) is 15.0 Å². The van der Waals surface area contributed by atoms with Crippen LogP contribution in [0.4, 0.5) is 0 Å². The fraction of sp³-hybridized carbons (Fsp3) is 0. The zero-order valence-corrected chi connectivity index (χ0v) is 15.3. The number of rotatable bonds is 4. The van der Waals surface area contributed by atoms with Crippen molar-refractivity contribution in [1.29, 1.82) is 0 Å². The summed E-state index contributed by atoms with van der Waals surface area (Å²) in [5.74, 6) is 1.84. The minimum atomic E-state index is 0.592. The summed E-state index contributed by atoms with van der Waals surface area (Å²) in [6.07, 6.45) is 1.81. The van der Waals surface area contributed by atoms with Crippen LogP contribution in [0.1, 0.15) is 5.56 Å². The molecule has 4 heteroatoms. The van der Waals surface area contributed by atoms with E-state index in [1.165, 1.54) is 0 Å². The number of nitrogens with zero attached hydrogens (tertiary/aromatic N) is 3. The second-order valence-electron chi connectivity index (χ2n) is 6.01. The topological polar surface area (TPSA) is 38.7 Å². The molecular weight excluding hydrogens is 354 g/mol. The molecule has 3 nitrogen and oxygen atoms in total. The standard InChI is InChI=1S/C23H16ClN3/c1-2-16-11-13-18(14-12-16)22-25-21(17-7-4-3-5-8-17)26-23(27-22)19-9-6-10-20(24)15-19/h2-15H,1H2. The van der Waals surface area contributed by atoms with Crippen LogP contribution in [0.3, 0.4) is 0 Å². The molecule has 0 bridgehead atoms. The Morgan fingerprint density at radius 2 is 1.19 bits per heavy atom. The third-order valence-electron chi connectivity index (χ3n) is 4.15. The molecule has 0 amide bonds. The van der Waals surface area contributed by atoms with Gasteiger partial charge in [-0.3, -0.25) is 0 Å². The highest BCUT2D eigenvalue weighted by Gasteiger charge is 2.12. The Balaban J connectivity index is 1.89. The zero-order valence-electron chi connectivity index (χ0n) is 14.5. The summed E-state index contributed by atoms with van der Waals surface area (Å²) in [7, 11) is 0. The summed E-state index contributed by atoms with van der Waals surface area (Å²) >= 11 is 6.16. The van der Waals surface area contributed by atoms with Crippen LogP contribution in [0, 0.1) is 0 Å². The molecule has 0 saturated heterocycles. The van der Waals surface area contributed by atoms with Crippen molar-refractivity contribution >= 4 is 17.7 Å². The van der Waals surface area contributed by atoms with Crippen LogP contribution >= 0.6 is 11.6 Å². The lowest BCUT2D eigenvalue weighted by Gasteiger charge is -2.08. The molecular formula is C23H16ClN3.